The third-order valence-corrected chi connectivity index (χ3v) is 20.6. The van der Waals surface area contributed by atoms with Crippen LogP contribution in [0.2, 0.25) is 0 Å². The summed E-state index contributed by atoms with van der Waals surface area (Å²) in [6.07, 6.45) is -16.5. The standard InChI is InChI=1S/C56H102N3O30P3/c1-32-20-36(57(23-32)43(63)14-8-11-17-78-53-33(2)47(66)50(69)40(26-60)84-53)29-82-91(74,75)87-38-21-37(58(24-38)44(64)15-9-12-18-79-54-34(3)48(67)51(70)41(27-61)85-54)30-83-92(76,77)88-39-22-46(81-31-90(72,73)89-56(5,6)7)59(25-39)45(65)16-10-13-19-80-55-35(4)49(68)52(71)42(28-62)86-55/h32-42,46-55,60-62,66-71H,8-31H2,1-7H3,(H,72,73)(H,74,75)(H,76,77)/t32-,33?,34?,35?,36+,37+,38-,39-,40?,41?,42?,46-,47?,48?,49?,50?,51?,52?,53?,54?,55?/m1/s1. The van der Waals surface area contributed by atoms with Gasteiger partial charge in [-0.2, -0.15) is 0 Å². The summed E-state index contributed by atoms with van der Waals surface area (Å²) in [5, 5.41) is 90.5. The van der Waals surface area contributed by atoms with Gasteiger partial charge >= 0.3 is 23.2 Å². The molecule has 6 fully saturated rings. The van der Waals surface area contributed by atoms with Gasteiger partial charge in [-0.1, -0.05) is 27.7 Å². The van der Waals surface area contributed by atoms with Crippen LogP contribution in [0.25, 0.3) is 0 Å². The topological polar surface area (TPSA) is 466 Å². The first-order chi connectivity index (χ1) is 43.2. The molecule has 3 amide bonds. The van der Waals surface area contributed by atoms with E-state index in [9.17, 15) is 88.7 Å². The number of rotatable bonds is 35. The molecule has 24 atom stereocenters. The minimum atomic E-state index is -5.12. The second-order valence-electron chi connectivity index (χ2n) is 26.0. The number of phosphoric acid groups is 2. The Labute approximate surface area is 536 Å². The molecule has 0 saturated carbocycles. The quantitative estimate of drug-likeness (QED) is 0.0297. The highest BCUT2D eigenvalue weighted by Crippen LogP contribution is 2.51. The van der Waals surface area contributed by atoms with Gasteiger partial charge < -0.3 is 113 Å². The molecule has 6 saturated heterocycles. The summed E-state index contributed by atoms with van der Waals surface area (Å²) in [4.78, 5) is 78.3. The van der Waals surface area contributed by atoms with Crippen LogP contribution in [0.4, 0.5) is 0 Å². The van der Waals surface area contributed by atoms with Crippen molar-refractivity contribution in [3.63, 3.8) is 0 Å². The lowest BCUT2D eigenvalue weighted by molar-refractivity contribution is -0.282. The number of nitrogens with zero attached hydrogens (tertiary/aromatic N) is 3. The maximum absolute atomic E-state index is 14.0. The van der Waals surface area contributed by atoms with Crippen molar-refractivity contribution in [3.05, 3.63) is 0 Å². The zero-order valence-corrected chi connectivity index (χ0v) is 56.2. The third-order valence-electron chi connectivity index (χ3n) is 17.2. The molecule has 33 nitrogen and oxygen atoms in total. The number of likely N-dealkylation sites (tertiary alicyclic amines) is 3. The van der Waals surface area contributed by atoms with E-state index >= 15 is 0 Å². The fourth-order valence-electron chi connectivity index (χ4n) is 12.1. The Hall–Kier alpha value is -1.86. The molecule has 0 radical (unpaired) electrons. The molecule has 36 heteroatoms. The number of unbranched alkanes of at least 4 members (excludes halogenated alkanes) is 3. The van der Waals surface area contributed by atoms with E-state index in [0.717, 1.165) is 0 Å². The highest BCUT2D eigenvalue weighted by Gasteiger charge is 2.48. The Balaban J connectivity index is 1.05. The highest BCUT2D eigenvalue weighted by atomic mass is 31.2. The second kappa shape index (κ2) is 35.8. The molecular formula is C56H102N3O30P3. The first-order valence-corrected chi connectivity index (χ1v) is 36.5. The zero-order valence-electron chi connectivity index (χ0n) is 53.5. The van der Waals surface area contributed by atoms with Crippen molar-refractivity contribution in [1.82, 2.24) is 14.7 Å². The normalized spacial score (nSPS) is 36.7. The van der Waals surface area contributed by atoms with Crippen LogP contribution >= 0.6 is 23.2 Å². The highest BCUT2D eigenvalue weighted by molar-refractivity contribution is 7.52. The van der Waals surface area contributed by atoms with E-state index in [4.69, 9.17) is 55.8 Å². The van der Waals surface area contributed by atoms with Crippen LogP contribution < -0.4 is 0 Å². The van der Waals surface area contributed by atoms with Crippen molar-refractivity contribution in [2.24, 2.45) is 23.7 Å². The molecule has 0 aliphatic carbocycles. The summed E-state index contributed by atoms with van der Waals surface area (Å²) in [5.41, 5.74) is -1.07. The predicted octanol–water partition coefficient (Wildman–Crippen LogP) is 0.148. The molecule has 0 spiro atoms. The van der Waals surface area contributed by atoms with Gasteiger partial charge in [-0.15, -0.1) is 0 Å². The van der Waals surface area contributed by atoms with Gasteiger partial charge in [0.1, 0.15) is 42.9 Å². The minimum absolute atomic E-state index is 0.0107. The summed E-state index contributed by atoms with van der Waals surface area (Å²) in [6, 6.07) is -1.68. The van der Waals surface area contributed by atoms with Crippen LogP contribution in [0, 0.1) is 23.7 Å². The van der Waals surface area contributed by atoms with Crippen LogP contribution in [-0.2, 0) is 83.9 Å². The molecule has 0 aromatic heterocycles. The van der Waals surface area contributed by atoms with Crippen LogP contribution in [0.5, 0.6) is 0 Å². The van der Waals surface area contributed by atoms with Gasteiger partial charge in [0, 0.05) is 76.3 Å². The average molecular weight is 1390 g/mol. The molecule has 6 aliphatic heterocycles. The van der Waals surface area contributed by atoms with E-state index in [2.05, 4.69) is 0 Å². The van der Waals surface area contributed by atoms with E-state index in [1.165, 1.54) is 9.80 Å². The number of hydrogen-bond donors (Lipinski definition) is 12. The van der Waals surface area contributed by atoms with Crippen molar-refractivity contribution in [2.75, 3.05) is 78.8 Å². The predicted molar refractivity (Wildman–Crippen MR) is 318 cm³/mol. The van der Waals surface area contributed by atoms with Gasteiger partial charge in [0.05, 0.1) is 87.8 Å². The summed E-state index contributed by atoms with van der Waals surface area (Å²) >= 11 is 0. The van der Waals surface area contributed by atoms with E-state index in [-0.39, 0.29) is 103 Å². The van der Waals surface area contributed by atoms with E-state index in [0.29, 0.717) is 32.2 Å². The zero-order chi connectivity index (χ0) is 68.0. The fourth-order valence-corrected chi connectivity index (χ4v) is 15.3. The van der Waals surface area contributed by atoms with E-state index in [1.807, 2.05) is 6.92 Å². The number of hydrogen-bond acceptors (Lipinski definition) is 27. The molecule has 12 N–H and O–H groups in total. The van der Waals surface area contributed by atoms with Crippen molar-refractivity contribution in [2.45, 2.75) is 235 Å². The maximum atomic E-state index is 14.0. The lowest BCUT2D eigenvalue weighted by atomic mass is 9.92. The summed E-state index contributed by atoms with van der Waals surface area (Å²) in [6.45, 7) is 8.64. The SMILES string of the molecule is CC1C(OCCCCC(=O)N2C[C@H](C)C[C@H]2COP(=O)(O)O[C@@H]2C[C@@H](COP(=O)(O)O[C@@H]3C[C@@H](OCP(=O)(O)OC(C)(C)C)N(C(=O)CCCCOC4OC(CO)C(O)C(O)C4C)C3)N(C(=O)CCCCOC3OC(CO)C(O)C(O)C3C)C2)OC(CO)C(O)C1O. The average Bonchev–Trinajstić information content (AvgIpc) is 1.35. The number of aliphatic hydroxyl groups is 9. The summed E-state index contributed by atoms with van der Waals surface area (Å²) in [7, 11) is -14.5. The number of amides is 3. The van der Waals surface area contributed by atoms with Gasteiger partial charge in [-0.25, -0.2) is 9.13 Å². The van der Waals surface area contributed by atoms with Crippen molar-refractivity contribution in [1.29, 1.82) is 0 Å². The number of ether oxygens (including phenoxy) is 7. The molecule has 6 heterocycles. The van der Waals surface area contributed by atoms with Crippen LogP contribution in [0.1, 0.15) is 126 Å². The summed E-state index contributed by atoms with van der Waals surface area (Å²) < 4.78 is 108. The first kappa shape index (κ1) is 79.1. The summed E-state index contributed by atoms with van der Waals surface area (Å²) in [5.74, 6) is -3.17. The Morgan fingerprint density at radius 1 is 0.489 bits per heavy atom. The van der Waals surface area contributed by atoms with Crippen molar-refractivity contribution < 1.29 is 144 Å². The molecule has 18 unspecified atom stereocenters. The van der Waals surface area contributed by atoms with Crippen LogP contribution in [0.15, 0.2) is 0 Å². The van der Waals surface area contributed by atoms with E-state index in [1.54, 1.807) is 46.4 Å². The van der Waals surface area contributed by atoms with Crippen LogP contribution in [-0.4, -0.2) is 282 Å². The molecule has 6 rings (SSSR count). The van der Waals surface area contributed by atoms with Gasteiger partial charge in [-0.3, -0.25) is 37.0 Å². The molecule has 0 bridgehead atoms. The van der Waals surface area contributed by atoms with E-state index < -0.39 is 196 Å². The largest absolute Gasteiger partial charge is 0.472 e. The van der Waals surface area contributed by atoms with Gasteiger partial charge in [-0.05, 0) is 78.1 Å². The molecule has 0 aromatic carbocycles. The molecular weight excluding hydrogens is 1290 g/mol. The van der Waals surface area contributed by atoms with Gasteiger partial charge in [0.25, 0.3) is 0 Å². The van der Waals surface area contributed by atoms with Crippen molar-refractivity contribution >= 4 is 41.0 Å². The van der Waals surface area contributed by atoms with Crippen molar-refractivity contribution in [3.8, 4) is 0 Å². The molecule has 536 valence electrons. The smallest absolute Gasteiger partial charge is 0.394 e. The Kier molecular flexibility index (Phi) is 30.8. The molecule has 6 aliphatic rings. The third kappa shape index (κ3) is 23.1. The first-order valence-electron chi connectivity index (χ1n) is 31.7. The number of carbonyl (C=O) groups excluding carboxylic acids is 3. The molecule has 0 aromatic rings. The fraction of sp³-hybridized carbons (Fsp3) is 0.946. The lowest BCUT2D eigenvalue weighted by Crippen LogP contribution is -2.55. The van der Waals surface area contributed by atoms with Gasteiger partial charge in [0.2, 0.25) is 17.7 Å². The number of phosphoric ester groups is 2. The lowest BCUT2D eigenvalue weighted by Gasteiger charge is -2.40. The van der Waals surface area contributed by atoms with Gasteiger partial charge in [0.15, 0.2) is 25.2 Å². The Bertz CT molecular complexity index is 2450. The number of aliphatic hydroxyl groups excluding tert-OH is 9. The van der Waals surface area contributed by atoms with Crippen LogP contribution in [0.3, 0.4) is 0 Å². The number of carbonyl (C=O) groups is 3. The Morgan fingerprint density at radius 2 is 0.848 bits per heavy atom. The second-order valence-corrected chi connectivity index (χ2v) is 30.5. The Morgan fingerprint density at radius 3 is 1.24 bits per heavy atom. The molecule has 92 heavy (non-hydrogen) atoms. The monoisotopic (exact) mass is 1390 g/mol. The minimum Gasteiger partial charge on any atom is -0.394 e. The maximum Gasteiger partial charge on any atom is 0.472 e.